The first-order chi connectivity index (χ1) is 10.1. The first kappa shape index (κ1) is 15.5. The van der Waals surface area contributed by atoms with E-state index < -0.39 is 0 Å². The Morgan fingerprint density at radius 3 is 2.33 bits per heavy atom. The molecule has 1 saturated heterocycles. The SMILES string of the molecule is CCCc1ccc(NC(=O)C2CCN(C(C)=O)CC2)cc1. The molecule has 1 aromatic rings. The summed E-state index contributed by atoms with van der Waals surface area (Å²) in [5, 5.41) is 2.98. The van der Waals surface area contributed by atoms with Crippen LogP contribution in [-0.4, -0.2) is 29.8 Å². The van der Waals surface area contributed by atoms with Gasteiger partial charge in [0.25, 0.3) is 0 Å². The summed E-state index contributed by atoms with van der Waals surface area (Å²) in [6.45, 7) is 5.10. The molecule has 2 rings (SSSR count). The molecule has 1 aromatic carbocycles. The van der Waals surface area contributed by atoms with E-state index in [0.29, 0.717) is 13.1 Å². The predicted octanol–water partition coefficient (Wildman–Crippen LogP) is 2.84. The van der Waals surface area contributed by atoms with Crippen molar-refractivity contribution in [2.75, 3.05) is 18.4 Å². The second-order valence-corrected chi connectivity index (χ2v) is 5.72. The Kier molecular flexibility index (Phi) is 5.37. The molecule has 0 unspecified atom stereocenters. The number of piperidine rings is 1. The molecule has 0 aromatic heterocycles. The fourth-order valence-electron chi connectivity index (χ4n) is 2.74. The quantitative estimate of drug-likeness (QED) is 0.926. The summed E-state index contributed by atoms with van der Waals surface area (Å²) in [7, 11) is 0. The van der Waals surface area contributed by atoms with E-state index in [0.717, 1.165) is 31.4 Å². The van der Waals surface area contributed by atoms with E-state index in [2.05, 4.69) is 24.4 Å². The molecule has 1 fully saturated rings. The number of nitrogens with one attached hydrogen (secondary N) is 1. The van der Waals surface area contributed by atoms with Crippen molar-refractivity contribution in [3.8, 4) is 0 Å². The van der Waals surface area contributed by atoms with Gasteiger partial charge < -0.3 is 10.2 Å². The van der Waals surface area contributed by atoms with E-state index in [1.54, 1.807) is 6.92 Å². The van der Waals surface area contributed by atoms with Crippen LogP contribution in [0.1, 0.15) is 38.7 Å². The fraction of sp³-hybridized carbons (Fsp3) is 0.529. The third kappa shape index (κ3) is 4.31. The number of benzene rings is 1. The number of aryl methyl sites for hydroxylation is 1. The summed E-state index contributed by atoms with van der Waals surface area (Å²) < 4.78 is 0. The van der Waals surface area contributed by atoms with Crippen LogP contribution in [0.25, 0.3) is 0 Å². The van der Waals surface area contributed by atoms with Gasteiger partial charge in [0, 0.05) is 31.6 Å². The molecule has 1 aliphatic heterocycles. The zero-order chi connectivity index (χ0) is 15.2. The maximum absolute atomic E-state index is 12.2. The van der Waals surface area contributed by atoms with E-state index in [-0.39, 0.29) is 17.7 Å². The lowest BCUT2D eigenvalue weighted by Crippen LogP contribution is -2.40. The Hall–Kier alpha value is -1.84. The lowest BCUT2D eigenvalue weighted by atomic mass is 9.95. The molecular formula is C17H24N2O2. The molecule has 4 nitrogen and oxygen atoms in total. The van der Waals surface area contributed by atoms with Gasteiger partial charge in [-0.2, -0.15) is 0 Å². The van der Waals surface area contributed by atoms with Gasteiger partial charge in [-0.25, -0.2) is 0 Å². The van der Waals surface area contributed by atoms with Gasteiger partial charge in [-0.05, 0) is 37.0 Å². The van der Waals surface area contributed by atoms with E-state index in [9.17, 15) is 9.59 Å². The van der Waals surface area contributed by atoms with E-state index in [1.807, 2.05) is 17.0 Å². The van der Waals surface area contributed by atoms with Crippen LogP contribution >= 0.6 is 0 Å². The van der Waals surface area contributed by atoms with E-state index in [1.165, 1.54) is 5.56 Å². The summed E-state index contributed by atoms with van der Waals surface area (Å²) in [6.07, 6.45) is 3.69. The van der Waals surface area contributed by atoms with Crippen LogP contribution < -0.4 is 5.32 Å². The van der Waals surface area contributed by atoms with Crippen molar-refractivity contribution in [3.63, 3.8) is 0 Å². The van der Waals surface area contributed by atoms with Crippen LogP contribution in [0.4, 0.5) is 5.69 Å². The third-order valence-corrected chi connectivity index (χ3v) is 4.07. The molecule has 0 saturated carbocycles. The Bertz CT molecular complexity index is 488. The van der Waals surface area contributed by atoms with E-state index in [4.69, 9.17) is 0 Å². The normalized spacial score (nSPS) is 15.8. The number of anilines is 1. The van der Waals surface area contributed by atoms with Gasteiger partial charge in [-0.15, -0.1) is 0 Å². The van der Waals surface area contributed by atoms with Crippen LogP contribution in [0, 0.1) is 5.92 Å². The molecule has 114 valence electrons. The molecule has 21 heavy (non-hydrogen) atoms. The van der Waals surface area contributed by atoms with Crippen molar-refractivity contribution in [1.82, 2.24) is 4.90 Å². The molecule has 2 amide bonds. The summed E-state index contributed by atoms with van der Waals surface area (Å²) in [5.74, 6) is 0.178. The highest BCUT2D eigenvalue weighted by molar-refractivity contribution is 5.92. The highest BCUT2D eigenvalue weighted by Gasteiger charge is 2.25. The summed E-state index contributed by atoms with van der Waals surface area (Å²) in [4.78, 5) is 25.3. The monoisotopic (exact) mass is 288 g/mol. The molecule has 0 bridgehead atoms. The Morgan fingerprint density at radius 1 is 1.19 bits per heavy atom. The topological polar surface area (TPSA) is 49.4 Å². The van der Waals surface area contributed by atoms with Crippen LogP contribution in [0.2, 0.25) is 0 Å². The molecule has 0 aliphatic carbocycles. The lowest BCUT2D eigenvalue weighted by Gasteiger charge is -2.30. The smallest absolute Gasteiger partial charge is 0.227 e. The van der Waals surface area contributed by atoms with Crippen LogP contribution in [0.5, 0.6) is 0 Å². The van der Waals surface area contributed by atoms with Crippen molar-refractivity contribution in [3.05, 3.63) is 29.8 Å². The minimum absolute atomic E-state index is 0.0101. The van der Waals surface area contributed by atoms with Gasteiger partial charge in [0.15, 0.2) is 0 Å². The van der Waals surface area contributed by atoms with Crippen molar-refractivity contribution in [2.24, 2.45) is 5.92 Å². The largest absolute Gasteiger partial charge is 0.343 e. The maximum Gasteiger partial charge on any atom is 0.227 e. The van der Waals surface area contributed by atoms with Crippen molar-refractivity contribution >= 4 is 17.5 Å². The van der Waals surface area contributed by atoms with Crippen LogP contribution in [-0.2, 0) is 16.0 Å². The molecule has 0 atom stereocenters. The van der Waals surface area contributed by atoms with Crippen LogP contribution in [0.15, 0.2) is 24.3 Å². The molecular weight excluding hydrogens is 264 g/mol. The predicted molar refractivity (Wildman–Crippen MR) is 84.0 cm³/mol. The Labute approximate surface area is 126 Å². The number of likely N-dealkylation sites (tertiary alicyclic amines) is 1. The number of carbonyl (C=O) groups is 2. The third-order valence-electron chi connectivity index (χ3n) is 4.07. The minimum Gasteiger partial charge on any atom is -0.343 e. The number of nitrogens with zero attached hydrogens (tertiary/aromatic N) is 1. The van der Waals surface area contributed by atoms with Gasteiger partial charge in [0.05, 0.1) is 0 Å². The number of hydrogen-bond acceptors (Lipinski definition) is 2. The average Bonchev–Trinajstić information content (AvgIpc) is 2.49. The van der Waals surface area contributed by atoms with Crippen LogP contribution in [0.3, 0.4) is 0 Å². The molecule has 4 heteroatoms. The highest BCUT2D eigenvalue weighted by atomic mass is 16.2. The molecule has 1 heterocycles. The second-order valence-electron chi connectivity index (χ2n) is 5.72. The summed E-state index contributed by atoms with van der Waals surface area (Å²) in [6, 6.07) is 8.07. The number of rotatable bonds is 4. The first-order valence-electron chi connectivity index (χ1n) is 7.75. The van der Waals surface area contributed by atoms with Crippen molar-refractivity contribution in [1.29, 1.82) is 0 Å². The zero-order valence-corrected chi connectivity index (χ0v) is 12.9. The Balaban J connectivity index is 1.85. The Morgan fingerprint density at radius 2 is 1.81 bits per heavy atom. The zero-order valence-electron chi connectivity index (χ0n) is 12.9. The standard InChI is InChI=1S/C17H24N2O2/c1-3-4-14-5-7-16(8-6-14)18-17(21)15-9-11-19(12-10-15)13(2)20/h5-8,15H,3-4,9-12H2,1-2H3,(H,18,21). The molecule has 1 aliphatic rings. The van der Waals surface area contributed by atoms with Gasteiger partial charge in [0.2, 0.25) is 11.8 Å². The van der Waals surface area contributed by atoms with Gasteiger partial charge in [-0.3, -0.25) is 9.59 Å². The molecule has 0 spiro atoms. The summed E-state index contributed by atoms with van der Waals surface area (Å²) in [5.41, 5.74) is 2.15. The second kappa shape index (κ2) is 7.25. The minimum atomic E-state index is 0.0101. The molecule has 1 N–H and O–H groups in total. The number of hydrogen-bond donors (Lipinski definition) is 1. The van der Waals surface area contributed by atoms with Crippen molar-refractivity contribution < 1.29 is 9.59 Å². The van der Waals surface area contributed by atoms with Gasteiger partial charge in [-0.1, -0.05) is 25.5 Å². The fourth-order valence-corrected chi connectivity index (χ4v) is 2.74. The van der Waals surface area contributed by atoms with Gasteiger partial charge in [0.1, 0.15) is 0 Å². The molecule has 0 radical (unpaired) electrons. The number of carbonyl (C=O) groups excluding carboxylic acids is 2. The maximum atomic E-state index is 12.2. The summed E-state index contributed by atoms with van der Waals surface area (Å²) >= 11 is 0. The highest BCUT2D eigenvalue weighted by Crippen LogP contribution is 2.20. The van der Waals surface area contributed by atoms with Crippen molar-refractivity contribution in [2.45, 2.75) is 39.5 Å². The average molecular weight is 288 g/mol. The van der Waals surface area contributed by atoms with Gasteiger partial charge >= 0.3 is 0 Å². The lowest BCUT2D eigenvalue weighted by molar-refractivity contribution is -0.132. The first-order valence-corrected chi connectivity index (χ1v) is 7.75. The number of amides is 2. The van der Waals surface area contributed by atoms with E-state index >= 15 is 0 Å².